The average molecular weight is 400 g/mol. The molecule has 0 bridgehead atoms. The van der Waals surface area contributed by atoms with Crippen molar-refractivity contribution < 1.29 is 4.79 Å². The van der Waals surface area contributed by atoms with Gasteiger partial charge in [-0.1, -0.05) is 23.7 Å². The molecule has 1 amide bonds. The Morgan fingerprint density at radius 2 is 2.04 bits per heavy atom. The topological polar surface area (TPSA) is 64.7 Å². The van der Waals surface area contributed by atoms with Gasteiger partial charge in [0.2, 0.25) is 0 Å². The molecule has 0 spiro atoms. The Morgan fingerprint density at radius 1 is 1.26 bits per heavy atom. The quantitative estimate of drug-likeness (QED) is 0.520. The molecule has 6 nitrogen and oxygen atoms in total. The number of nitrogens with one attached hydrogen (secondary N) is 1. The van der Waals surface area contributed by atoms with Crippen molar-refractivity contribution in [1.82, 2.24) is 19.6 Å². The second-order valence-electron chi connectivity index (χ2n) is 6.49. The lowest BCUT2D eigenvalue weighted by atomic mass is 10.3. The van der Waals surface area contributed by atoms with E-state index in [1.807, 2.05) is 51.1 Å². The van der Waals surface area contributed by atoms with Crippen molar-refractivity contribution in [3.8, 4) is 5.69 Å². The van der Waals surface area contributed by atoms with Crippen LogP contribution in [-0.2, 0) is 0 Å². The molecule has 0 unspecified atom stereocenters. The minimum atomic E-state index is -0.163. The first-order chi connectivity index (χ1) is 13.0. The molecule has 0 atom stereocenters. The third-order valence-corrected chi connectivity index (χ3v) is 5.68. The van der Waals surface area contributed by atoms with Gasteiger partial charge < -0.3 is 5.32 Å². The highest BCUT2D eigenvalue weighted by molar-refractivity contribution is 7.20. The number of nitrogens with zero attached hydrogens (tertiary/aromatic N) is 4. The van der Waals surface area contributed by atoms with Crippen LogP contribution in [0.3, 0.4) is 0 Å². The molecule has 0 fully saturated rings. The fourth-order valence-corrected chi connectivity index (χ4v) is 4.24. The van der Waals surface area contributed by atoms with Crippen LogP contribution in [0.15, 0.2) is 42.6 Å². The van der Waals surface area contributed by atoms with Crippen LogP contribution in [0, 0.1) is 6.92 Å². The predicted molar refractivity (Wildman–Crippen MR) is 109 cm³/mol. The van der Waals surface area contributed by atoms with Crippen molar-refractivity contribution in [3.05, 3.63) is 58.2 Å². The molecule has 8 heteroatoms. The van der Waals surface area contributed by atoms with Gasteiger partial charge in [-0.05, 0) is 39.0 Å². The maximum absolute atomic E-state index is 12.8. The van der Waals surface area contributed by atoms with E-state index in [9.17, 15) is 4.79 Å². The van der Waals surface area contributed by atoms with Gasteiger partial charge >= 0.3 is 0 Å². The minimum Gasteiger partial charge on any atom is -0.306 e. The molecule has 4 rings (SSSR count). The second kappa shape index (κ2) is 6.83. The van der Waals surface area contributed by atoms with Crippen LogP contribution >= 0.6 is 22.9 Å². The van der Waals surface area contributed by atoms with Gasteiger partial charge in [-0.2, -0.15) is 10.2 Å². The number of aromatic nitrogens is 4. The number of rotatable bonds is 4. The number of aryl methyl sites for hydroxylation is 1. The van der Waals surface area contributed by atoms with Crippen molar-refractivity contribution in [3.63, 3.8) is 0 Å². The Labute approximate surface area is 165 Å². The van der Waals surface area contributed by atoms with E-state index in [1.54, 1.807) is 21.6 Å². The van der Waals surface area contributed by atoms with Gasteiger partial charge in [0.05, 0.1) is 27.5 Å². The summed E-state index contributed by atoms with van der Waals surface area (Å²) in [4.78, 5) is 14.3. The Morgan fingerprint density at radius 3 is 2.78 bits per heavy atom. The van der Waals surface area contributed by atoms with Gasteiger partial charge in [0.15, 0.2) is 0 Å². The Hall–Kier alpha value is -2.64. The standard InChI is InChI=1S/C19H18ClN5OS/c1-11(2)24-17(8-9-21-24)22-18(26)16-10-13-12(3)23-25(19(13)27-16)15-7-5-4-6-14(15)20/h4-11H,1-3H3,(H,22,26). The summed E-state index contributed by atoms with van der Waals surface area (Å²) < 4.78 is 3.58. The molecule has 0 aliphatic carbocycles. The van der Waals surface area contributed by atoms with Gasteiger partial charge in [0, 0.05) is 17.5 Å². The van der Waals surface area contributed by atoms with Gasteiger partial charge in [-0.15, -0.1) is 11.3 Å². The normalized spacial score (nSPS) is 11.4. The van der Waals surface area contributed by atoms with Crippen molar-refractivity contribution in [2.24, 2.45) is 0 Å². The zero-order chi connectivity index (χ0) is 19.1. The number of carbonyl (C=O) groups is 1. The van der Waals surface area contributed by atoms with E-state index in [0.29, 0.717) is 15.7 Å². The van der Waals surface area contributed by atoms with E-state index in [2.05, 4.69) is 15.5 Å². The molecule has 3 aromatic heterocycles. The van der Waals surface area contributed by atoms with E-state index < -0.39 is 0 Å². The van der Waals surface area contributed by atoms with Gasteiger partial charge in [0.1, 0.15) is 10.6 Å². The monoisotopic (exact) mass is 399 g/mol. The summed E-state index contributed by atoms with van der Waals surface area (Å²) in [5, 5.41) is 13.3. The number of hydrogen-bond acceptors (Lipinski definition) is 4. The Balaban J connectivity index is 1.72. The zero-order valence-electron chi connectivity index (χ0n) is 15.1. The van der Waals surface area contributed by atoms with Crippen LogP contribution in [0.25, 0.3) is 15.9 Å². The van der Waals surface area contributed by atoms with Crippen molar-refractivity contribution in [2.75, 3.05) is 5.32 Å². The molecule has 0 aliphatic rings. The van der Waals surface area contributed by atoms with E-state index in [4.69, 9.17) is 11.6 Å². The van der Waals surface area contributed by atoms with Crippen molar-refractivity contribution in [2.45, 2.75) is 26.8 Å². The largest absolute Gasteiger partial charge is 0.306 e. The predicted octanol–water partition coefficient (Wildman–Crippen LogP) is 5.08. The van der Waals surface area contributed by atoms with Gasteiger partial charge in [-0.25, -0.2) is 9.36 Å². The molecule has 0 saturated heterocycles. The second-order valence-corrected chi connectivity index (χ2v) is 7.92. The SMILES string of the molecule is Cc1nn(-c2ccccc2Cl)c2sc(C(=O)Nc3ccnn3C(C)C)cc12. The van der Waals surface area contributed by atoms with E-state index in [-0.39, 0.29) is 11.9 Å². The van der Waals surface area contributed by atoms with Crippen LogP contribution in [0.1, 0.15) is 35.3 Å². The molecule has 1 aromatic carbocycles. The van der Waals surface area contributed by atoms with Crippen LogP contribution in [0.4, 0.5) is 5.82 Å². The molecule has 4 aromatic rings. The molecule has 27 heavy (non-hydrogen) atoms. The number of para-hydroxylation sites is 1. The summed E-state index contributed by atoms with van der Waals surface area (Å²) in [7, 11) is 0. The lowest BCUT2D eigenvalue weighted by Crippen LogP contribution is -2.15. The molecular formula is C19H18ClN5OS. The number of benzene rings is 1. The highest BCUT2D eigenvalue weighted by Gasteiger charge is 2.19. The summed E-state index contributed by atoms with van der Waals surface area (Å²) in [5.41, 5.74) is 1.65. The summed E-state index contributed by atoms with van der Waals surface area (Å²) in [6.45, 7) is 5.96. The summed E-state index contributed by atoms with van der Waals surface area (Å²) in [6.07, 6.45) is 1.68. The zero-order valence-corrected chi connectivity index (χ0v) is 16.7. The summed E-state index contributed by atoms with van der Waals surface area (Å²) in [5.74, 6) is 0.514. The number of carbonyl (C=O) groups excluding carboxylic acids is 1. The lowest BCUT2D eigenvalue weighted by Gasteiger charge is -2.11. The molecule has 3 heterocycles. The maximum Gasteiger partial charge on any atom is 0.266 e. The Bertz CT molecular complexity index is 1140. The molecular weight excluding hydrogens is 382 g/mol. The summed E-state index contributed by atoms with van der Waals surface area (Å²) >= 11 is 7.73. The molecule has 138 valence electrons. The summed E-state index contributed by atoms with van der Waals surface area (Å²) in [6, 6.07) is 11.4. The van der Waals surface area contributed by atoms with Crippen LogP contribution in [-0.4, -0.2) is 25.5 Å². The van der Waals surface area contributed by atoms with Gasteiger partial charge in [0.25, 0.3) is 5.91 Å². The molecule has 0 saturated carbocycles. The first-order valence-corrected chi connectivity index (χ1v) is 9.74. The maximum atomic E-state index is 12.8. The number of anilines is 1. The van der Waals surface area contributed by atoms with Gasteiger partial charge in [-0.3, -0.25) is 4.79 Å². The lowest BCUT2D eigenvalue weighted by molar-refractivity contribution is 0.102. The Kier molecular flexibility index (Phi) is 4.49. The minimum absolute atomic E-state index is 0.161. The van der Waals surface area contributed by atoms with Crippen LogP contribution in [0.5, 0.6) is 0 Å². The number of halogens is 1. The van der Waals surface area contributed by atoms with Crippen LogP contribution in [0.2, 0.25) is 5.02 Å². The average Bonchev–Trinajstić information content (AvgIpc) is 3.32. The first-order valence-electron chi connectivity index (χ1n) is 8.54. The van der Waals surface area contributed by atoms with Crippen molar-refractivity contribution in [1.29, 1.82) is 0 Å². The first kappa shape index (κ1) is 17.8. The fourth-order valence-electron chi connectivity index (χ4n) is 2.95. The number of thiophene rings is 1. The number of fused-ring (bicyclic) bond motifs is 1. The third-order valence-electron chi connectivity index (χ3n) is 4.25. The smallest absolute Gasteiger partial charge is 0.266 e. The molecule has 0 aliphatic heterocycles. The molecule has 1 N–H and O–H groups in total. The van der Waals surface area contributed by atoms with E-state index >= 15 is 0 Å². The third kappa shape index (κ3) is 3.13. The number of amides is 1. The fraction of sp³-hybridized carbons (Fsp3) is 0.211. The highest BCUT2D eigenvalue weighted by atomic mass is 35.5. The highest BCUT2D eigenvalue weighted by Crippen LogP contribution is 2.32. The number of hydrogen-bond donors (Lipinski definition) is 1. The van der Waals surface area contributed by atoms with Crippen molar-refractivity contribution >= 4 is 44.9 Å². The van der Waals surface area contributed by atoms with E-state index in [1.165, 1.54) is 11.3 Å². The van der Waals surface area contributed by atoms with E-state index in [0.717, 1.165) is 21.6 Å². The molecule has 0 radical (unpaired) electrons. The van der Waals surface area contributed by atoms with Crippen LogP contribution < -0.4 is 5.32 Å².